The number of fused-ring (bicyclic) bond motifs is 1. The maximum Gasteiger partial charge on any atom is 0.225 e. The molecule has 2 fully saturated rings. The Labute approximate surface area is 147 Å². The normalized spacial score (nSPS) is 25.4. The number of piperidine rings is 2. The molecular formula is C20H26FN3O. The first-order valence-corrected chi connectivity index (χ1v) is 9.40. The lowest BCUT2D eigenvalue weighted by atomic mass is 9.87. The van der Waals surface area contributed by atoms with Crippen molar-refractivity contribution in [3.63, 3.8) is 0 Å². The summed E-state index contributed by atoms with van der Waals surface area (Å²) in [7, 11) is 0. The largest absolute Gasteiger partial charge is 0.361 e. The summed E-state index contributed by atoms with van der Waals surface area (Å²) >= 11 is 0. The van der Waals surface area contributed by atoms with Crippen molar-refractivity contribution in [1.29, 1.82) is 0 Å². The van der Waals surface area contributed by atoms with Crippen molar-refractivity contribution < 1.29 is 9.18 Å². The Balaban J connectivity index is 1.41. The zero-order valence-corrected chi connectivity index (χ0v) is 14.7. The van der Waals surface area contributed by atoms with Crippen LogP contribution in [0.2, 0.25) is 0 Å². The molecule has 0 unspecified atom stereocenters. The summed E-state index contributed by atoms with van der Waals surface area (Å²) in [6.07, 6.45) is 5.89. The first-order valence-electron chi connectivity index (χ1n) is 9.40. The van der Waals surface area contributed by atoms with Gasteiger partial charge < -0.3 is 15.2 Å². The third kappa shape index (κ3) is 3.30. The van der Waals surface area contributed by atoms with Crippen molar-refractivity contribution in [3.05, 3.63) is 35.8 Å². The zero-order valence-electron chi connectivity index (χ0n) is 14.7. The molecule has 2 saturated heterocycles. The number of rotatable bonds is 2. The number of hydrogen-bond acceptors (Lipinski definition) is 2. The lowest BCUT2D eigenvalue weighted by Crippen LogP contribution is -2.46. The van der Waals surface area contributed by atoms with Crippen molar-refractivity contribution in [3.8, 4) is 0 Å². The molecule has 2 atom stereocenters. The highest BCUT2D eigenvalue weighted by atomic mass is 19.1. The van der Waals surface area contributed by atoms with E-state index < -0.39 is 0 Å². The Morgan fingerprint density at radius 2 is 2.04 bits per heavy atom. The highest BCUT2D eigenvalue weighted by molar-refractivity contribution is 5.84. The van der Waals surface area contributed by atoms with Crippen LogP contribution in [0.5, 0.6) is 0 Å². The monoisotopic (exact) mass is 343 g/mol. The minimum atomic E-state index is -0.211. The first-order chi connectivity index (χ1) is 12.1. The van der Waals surface area contributed by atoms with E-state index in [4.69, 9.17) is 0 Å². The van der Waals surface area contributed by atoms with Crippen LogP contribution in [0.25, 0.3) is 10.9 Å². The molecule has 3 heterocycles. The van der Waals surface area contributed by atoms with E-state index in [1.54, 1.807) is 6.07 Å². The van der Waals surface area contributed by atoms with Gasteiger partial charge in [-0.1, -0.05) is 0 Å². The molecule has 1 aromatic carbocycles. The van der Waals surface area contributed by atoms with Crippen LogP contribution in [0.3, 0.4) is 0 Å². The standard InChI is InChI=1S/C20H26FN3O/c1-13-10-15(4-7-22-13)20(25)24-8-5-14(6-9-24)18-12-23-19-11-16(21)2-3-17(18)19/h2-3,11-15,22-23H,4-10H2,1H3/t13-,15-/m0/s1. The van der Waals surface area contributed by atoms with Crippen LogP contribution in [0.4, 0.5) is 4.39 Å². The van der Waals surface area contributed by atoms with Crippen LogP contribution in [0, 0.1) is 11.7 Å². The summed E-state index contributed by atoms with van der Waals surface area (Å²) in [5.74, 6) is 0.754. The van der Waals surface area contributed by atoms with E-state index in [9.17, 15) is 9.18 Å². The Morgan fingerprint density at radius 3 is 2.80 bits per heavy atom. The van der Waals surface area contributed by atoms with Crippen LogP contribution >= 0.6 is 0 Å². The molecule has 2 N–H and O–H groups in total. The summed E-state index contributed by atoms with van der Waals surface area (Å²) < 4.78 is 13.4. The molecule has 2 aliphatic rings. The third-order valence-corrected chi connectivity index (χ3v) is 5.90. The second-order valence-corrected chi connectivity index (χ2v) is 7.61. The van der Waals surface area contributed by atoms with Gasteiger partial charge in [0.25, 0.3) is 0 Å². The van der Waals surface area contributed by atoms with Gasteiger partial charge in [0.1, 0.15) is 5.82 Å². The van der Waals surface area contributed by atoms with E-state index in [0.717, 1.165) is 56.2 Å². The summed E-state index contributed by atoms with van der Waals surface area (Å²) in [4.78, 5) is 18.0. The molecule has 25 heavy (non-hydrogen) atoms. The summed E-state index contributed by atoms with van der Waals surface area (Å²) in [6.45, 7) is 4.76. The number of hydrogen-bond donors (Lipinski definition) is 2. The van der Waals surface area contributed by atoms with Gasteiger partial charge in [0.15, 0.2) is 0 Å². The van der Waals surface area contributed by atoms with Gasteiger partial charge in [-0.25, -0.2) is 4.39 Å². The number of halogens is 1. The number of carbonyl (C=O) groups is 1. The minimum Gasteiger partial charge on any atom is -0.361 e. The topological polar surface area (TPSA) is 48.1 Å². The second kappa shape index (κ2) is 6.79. The Morgan fingerprint density at radius 1 is 1.24 bits per heavy atom. The van der Waals surface area contributed by atoms with E-state index in [0.29, 0.717) is 17.9 Å². The molecule has 5 heteroatoms. The number of aromatic nitrogens is 1. The van der Waals surface area contributed by atoms with E-state index >= 15 is 0 Å². The molecule has 1 aromatic heterocycles. The van der Waals surface area contributed by atoms with Crippen LogP contribution in [0.1, 0.15) is 44.1 Å². The van der Waals surface area contributed by atoms with Gasteiger partial charge in [-0.2, -0.15) is 0 Å². The molecule has 2 aromatic rings. The number of aromatic amines is 1. The molecule has 4 rings (SSSR count). The van der Waals surface area contributed by atoms with Crippen LogP contribution in [-0.4, -0.2) is 41.5 Å². The molecule has 0 aliphatic carbocycles. The number of H-pyrrole nitrogens is 1. The number of amides is 1. The highest BCUT2D eigenvalue weighted by Gasteiger charge is 2.31. The molecule has 0 spiro atoms. The Kier molecular flexibility index (Phi) is 4.50. The van der Waals surface area contributed by atoms with Gasteiger partial charge in [0.2, 0.25) is 5.91 Å². The Bertz CT molecular complexity index is 763. The van der Waals surface area contributed by atoms with Gasteiger partial charge in [0, 0.05) is 42.1 Å². The van der Waals surface area contributed by atoms with Gasteiger partial charge in [-0.3, -0.25) is 4.79 Å². The maximum absolute atomic E-state index is 13.4. The number of nitrogens with one attached hydrogen (secondary N) is 2. The van der Waals surface area contributed by atoms with Crippen LogP contribution in [0.15, 0.2) is 24.4 Å². The number of carbonyl (C=O) groups excluding carboxylic acids is 1. The fraction of sp³-hybridized carbons (Fsp3) is 0.550. The number of likely N-dealkylation sites (tertiary alicyclic amines) is 1. The lowest BCUT2D eigenvalue weighted by Gasteiger charge is -2.36. The molecule has 134 valence electrons. The second-order valence-electron chi connectivity index (χ2n) is 7.61. The first kappa shape index (κ1) is 16.6. The molecule has 0 saturated carbocycles. The predicted octanol–water partition coefficient (Wildman–Crippen LogP) is 3.40. The molecular weight excluding hydrogens is 317 g/mol. The molecule has 0 bridgehead atoms. The van der Waals surface area contributed by atoms with Crippen LogP contribution < -0.4 is 5.32 Å². The van der Waals surface area contributed by atoms with E-state index in [1.807, 2.05) is 12.3 Å². The summed E-state index contributed by atoms with van der Waals surface area (Å²) in [5.41, 5.74) is 2.12. The fourth-order valence-electron chi connectivity index (χ4n) is 4.48. The number of benzene rings is 1. The molecule has 0 radical (unpaired) electrons. The Hall–Kier alpha value is -1.88. The zero-order chi connectivity index (χ0) is 17.4. The number of nitrogens with zero attached hydrogens (tertiary/aromatic N) is 1. The van der Waals surface area contributed by atoms with E-state index in [1.165, 1.54) is 11.6 Å². The van der Waals surface area contributed by atoms with Gasteiger partial charge >= 0.3 is 0 Å². The SMILES string of the molecule is C[C@H]1C[C@@H](C(=O)N2CCC(c3c[nH]c4cc(F)ccc34)CC2)CCN1. The van der Waals surface area contributed by atoms with Crippen molar-refractivity contribution in [2.24, 2.45) is 5.92 Å². The smallest absolute Gasteiger partial charge is 0.225 e. The van der Waals surface area contributed by atoms with Gasteiger partial charge in [-0.15, -0.1) is 0 Å². The molecule has 1 amide bonds. The van der Waals surface area contributed by atoms with Crippen molar-refractivity contribution >= 4 is 16.8 Å². The summed E-state index contributed by atoms with van der Waals surface area (Å²) in [6, 6.07) is 5.38. The average Bonchev–Trinajstić information content (AvgIpc) is 3.04. The van der Waals surface area contributed by atoms with E-state index in [2.05, 4.69) is 22.1 Å². The third-order valence-electron chi connectivity index (χ3n) is 5.90. The van der Waals surface area contributed by atoms with Crippen LogP contribution in [-0.2, 0) is 4.79 Å². The fourth-order valence-corrected chi connectivity index (χ4v) is 4.48. The minimum absolute atomic E-state index is 0.184. The summed E-state index contributed by atoms with van der Waals surface area (Å²) in [5, 5.41) is 4.52. The molecule has 2 aliphatic heterocycles. The van der Waals surface area contributed by atoms with Gasteiger partial charge in [0.05, 0.1) is 0 Å². The quantitative estimate of drug-likeness (QED) is 0.878. The predicted molar refractivity (Wildman–Crippen MR) is 97.0 cm³/mol. The van der Waals surface area contributed by atoms with E-state index in [-0.39, 0.29) is 11.7 Å². The maximum atomic E-state index is 13.4. The van der Waals surface area contributed by atoms with Gasteiger partial charge in [-0.05, 0) is 68.8 Å². The van der Waals surface area contributed by atoms with Crippen molar-refractivity contribution in [1.82, 2.24) is 15.2 Å². The molecule has 4 nitrogen and oxygen atoms in total. The van der Waals surface area contributed by atoms with Crippen molar-refractivity contribution in [2.45, 2.75) is 44.6 Å². The lowest BCUT2D eigenvalue weighted by molar-refractivity contribution is -0.137. The highest BCUT2D eigenvalue weighted by Crippen LogP contribution is 2.34. The van der Waals surface area contributed by atoms with Crippen molar-refractivity contribution in [2.75, 3.05) is 19.6 Å². The average molecular weight is 343 g/mol.